The van der Waals surface area contributed by atoms with Gasteiger partial charge in [0.1, 0.15) is 0 Å². The number of nitrogens with zero attached hydrogens (tertiary/aromatic N) is 4. The van der Waals surface area contributed by atoms with Gasteiger partial charge in [-0.3, -0.25) is 9.48 Å². The third-order valence-electron chi connectivity index (χ3n) is 6.43. The average Bonchev–Trinajstić information content (AvgIpc) is 3.43. The molecule has 0 saturated carbocycles. The van der Waals surface area contributed by atoms with Gasteiger partial charge in [-0.15, -0.1) is 0 Å². The standard InChI is InChI=1S/C28H29N7O3/c1-18-6-5-9-21(14-18)33-27(36)25(19-7-3-2-4-8-19)38-28(37)24-26(29)31-16-23(34-24)20-15-32-35(17-20)22-10-12-30-13-11-22/h2-9,14-17,22,25,30H,10-13H2,1H3,(H2,29,31)(H,33,36)/t25-/m1/s1. The van der Waals surface area contributed by atoms with Crippen LogP contribution in [0.15, 0.2) is 73.2 Å². The Kier molecular flexibility index (Phi) is 7.41. The molecule has 2 aromatic carbocycles. The maximum absolute atomic E-state index is 13.3. The van der Waals surface area contributed by atoms with E-state index in [1.54, 1.807) is 36.5 Å². The van der Waals surface area contributed by atoms with Crippen molar-refractivity contribution in [3.05, 3.63) is 90.0 Å². The molecule has 5 rings (SSSR count). The molecule has 1 atom stereocenters. The summed E-state index contributed by atoms with van der Waals surface area (Å²) in [4.78, 5) is 35.1. The molecular weight excluding hydrogens is 482 g/mol. The first-order valence-electron chi connectivity index (χ1n) is 12.5. The Morgan fingerprint density at radius 1 is 1.11 bits per heavy atom. The van der Waals surface area contributed by atoms with Crippen molar-refractivity contribution in [3.63, 3.8) is 0 Å². The van der Waals surface area contributed by atoms with Crippen LogP contribution in [-0.2, 0) is 9.53 Å². The summed E-state index contributed by atoms with van der Waals surface area (Å²) in [6, 6.07) is 16.5. The second-order valence-corrected chi connectivity index (χ2v) is 9.23. The number of esters is 1. The second kappa shape index (κ2) is 11.2. The Bertz CT molecular complexity index is 1430. The van der Waals surface area contributed by atoms with Crippen LogP contribution < -0.4 is 16.4 Å². The highest BCUT2D eigenvalue weighted by Gasteiger charge is 2.28. The van der Waals surface area contributed by atoms with E-state index in [1.807, 2.05) is 42.1 Å². The Labute approximate surface area is 220 Å². The van der Waals surface area contributed by atoms with Gasteiger partial charge in [-0.1, -0.05) is 42.5 Å². The second-order valence-electron chi connectivity index (χ2n) is 9.23. The van der Waals surface area contributed by atoms with Gasteiger partial charge in [0, 0.05) is 23.0 Å². The van der Waals surface area contributed by atoms with Gasteiger partial charge in [-0.25, -0.2) is 14.8 Å². The number of hydrogen-bond acceptors (Lipinski definition) is 8. The van der Waals surface area contributed by atoms with Crippen molar-refractivity contribution < 1.29 is 14.3 Å². The molecule has 4 aromatic rings. The van der Waals surface area contributed by atoms with Crippen LogP contribution in [0.25, 0.3) is 11.3 Å². The number of aryl methyl sites for hydroxylation is 1. The molecule has 10 nitrogen and oxygen atoms in total. The van der Waals surface area contributed by atoms with E-state index < -0.39 is 18.0 Å². The summed E-state index contributed by atoms with van der Waals surface area (Å²) < 4.78 is 7.62. The number of nitrogen functional groups attached to an aromatic ring is 1. The average molecular weight is 512 g/mol. The molecular formula is C28H29N7O3. The van der Waals surface area contributed by atoms with Gasteiger partial charge in [0.25, 0.3) is 5.91 Å². The largest absolute Gasteiger partial charge is 0.442 e. The van der Waals surface area contributed by atoms with Gasteiger partial charge in [0.05, 0.1) is 24.1 Å². The molecule has 0 spiro atoms. The van der Waals surface area contributed by atoms with Crippen LogP contribution in [0.2, 0.25) is 0 Å². The van der Waals surface area contributed by atoms with E-state index in [2.05, 4.69) is 25.7 Å². The predicted molar refractivity (Wildman–Crippen MR) is 143 cm³/mol. The number of carbonyl (C=O) groups is 2. The molecule has 1 fully saturated rings. The summed E-state index contributed by atoms with van der Waals surface area (Å²) in [5.41, 5.74) is 9.09. The minimum atomic E-state index is -1.23. The van der Waals surface area contributed by atoms with Crippen LogP contribution in [0, 0.1) is 6.92 Å². The van der Waals surface area contributed by atoms with E-state index in [4.69, 9.17) is 10.5 Å². The number of anilines is 2. The first-order valence-corrected chi connectivity index (χ1v) is 12.5. The first kappa shape index (κ1) is 25.1. The van der Waals surface area contributed by atoms with Gasteiger partial charge in [-0.2, -0.15) is 5.10 Å². The number of piperidine rings is 1. The molecule has 1 aliphatic rings. The van der Waals surface area contributed by atoms with Gasteiger partial charge in [-0.05, 0) is 50.6 Å². The molecule has 0 radical (unpaired) electrons. The highest BCUT2D eigenvalue weighted by atomic mass is 16.5. The summed E-state index contributed by atoms with van der Waals surface area (Å²) in [5, 5.41) is 10.7. The zero-order valence-corrected chi connectivity index (χ0v) is 21.0. The number of nitrogens with one attached hydrogen (secondary N) is 2. The van der Waals surface area contributed by atoms with E-state index in [0.717, 1.165) is 31.5 Å². The smallest absolute Gasteiger partial charge is 0.361 e. The number of aromatic nitrogens is 4. The molecule has 0 aliphatic carbocycles. The van der Waals surface area contributed by atoms with Crippen LogP contribution >= 0.6 is 0 Å². The highest BCUT2D eigenvalue weighted by molar-refractivity contribution is 5.99. The Morgan fingerprint density at radius 3 is 2.66 bits per heavy atom. The summed E-state index contributed by atoms with van der Waals surface area (Å²) in [7, 11) is 0. The van der Waals surface area contributed by atoms with Crippen LogP contribution in [-0.4, -0.2) is 44.7 Å². The normalized spacial score (nSPS) is 14.6. The number of nitrogens with two attached hydrogens (primary N) is 1. The number of carbonyl (C=O) groups excluding carboxylic acids is 2. The van der Waals surface area contributed by atoms with E-state index >= 15 is 0 Å². The van der Waals surface area contributed by atoms with Crippen molar-refractivity contribution >= 4 is 23.4 Å². The summed E-state index contributed by atoms with van der Waals surface area (Å²) in [6.45, 7) is 3.81. The zero-order chi connectivity index (χ0) is 26.5. The van der Waals surface area contributed by atoms with Gasteiger partial charge < -0.3 is 21.1 Å². The summed E-state index contributed by atoms with van der Waals surface area (Å²) in [6.07, 6.45) is 5.83. The lowest BCUT2D eigenvalue weighted by Gasteiger charge is -2.22. The number of rotatable bonds is 7. The van der Waals surface area contributed by atoms with E-state index in [1.165, 1.54) is 6.20 Å². The van der Waals surface area contributed by atoms with Crippen molar-refractivity contribution in [2.75, 3.05) is 24.1 Å². The fourth-order valence-electron chi connectivity index (χ4n) is 4.42. The quantitative estimate of drug-likeness (QED) is 0.320. The molecule has 4 N–H and O–H groups in total. The zero-order valence-electron chi connectivity index (χ0n) is 21.0. The molecule has 1 saturated heterocycles. The molecule has 10 heteroatoms. The molecule has 0 bridgehead atoms. The maximum atomic E-state index is 13.3. The predicted octanol–water partition coefficient (Wildman–Crippen LogP) is 3.69. The fraction of sp³-hybridized carbons (Fsp3) is 0.250. The number of amides is 1. The van der Waals surface area contributed by atoms with Crippen LogP contribution in [0.3, 0.4) is 0 Å². The third-order valence-corrected chi connectivity index (χ3v) is 6.43. The minimum Gasteiger partial charge on any atom is -0.442 e. The maximum Gasteiger partial charge on any atom is 0.361 e. The van der Waals surface area contributed by atoms with Gasteiger partial charge in [0.15, 0.2) is 11.5 Å². The molecule has 0 unspecified atom stereocenters. The number of ether oxygens (including phenoxy) is 1. The van der Waals surface area contributed by atoms with E-state index in [9.17, 15) is 9.59 Å². The Morgan fingerprint density at radius 2 is 1.89 bits per heavy atom. The Hall–Kier alpha value is -4.57. The van der Waals surface area contributed by atoms with Crippen LogP contribution in [0.5, 0.6) is 0 Å². The van der Waals surface area contributed by atoms with Crippen molar-refractivity contribution in [2.45, 2.75) is 31.9 Å². The number of hydrogen-bond donors (Lipinski definition) is 3. The van der Waals surface area contributed by atoms with Crippen molar-refractivity contribution in [1.82, 2.24) is 25.1 Å². The number of benzene rings is 2. The molecule has 2 aromatic heterocycles. The van der Waals surface area contributed by atoms with Crippen LogP contribution in [0.1, 0.15) is 46.6 Å². The SMILES string of the molecule is Cc1cccc(NC(=O)[C@H](OC(=O)c2nc(-c3cnn(C4CCNCC4)c3)cnc2N)c2ccccc2)c1. The molecule has 3 heterocycles. The Balaban J connectivity index is 1.38. The van der Waals surface area contributed by atoms with Gasteiger partial charge >= 0.3 is 5.97 Å². The van der Waals surface area contributed by atoms with Crippen LogP contribution in [0.4, 0.5) is 11.5 Å². The summed E-state index contributed by atoms with van der Waals surface area (Å²) in [5.74, 6) is -1.44. The lowest BCUT2D eigenvalue weighted by atomic mass is 10.1. The van der Waals surface area contributed by atoms with Gasteiger partial charge in [0.2, 0.25) is 6.10 Å². The highest BCUT2D eigenvalue weighted by Crippen LogP contribution is 2.26. The first-order chi connectivity index (χ1) is 18.5. The van der Waals surface area contributed by atoms with E-state index in [0.29, 0.717) is 28.6 Å². The van der Waals surface area contributed by atoms with Crippen molar-refractivity contribution in [2.24, 2.45) is 0 Å². The fourth-order valence-corrected chi connectivity index (χ4v) is 4.42. The molecule has 194 valence electrons. The molecule has 1 aliphatic heterocycles. The summed E-state index contributed by atoms with van der Waals surface area (Å²) >= 11 is 0. The lowest BCUT2D eigenvalue weighted by molar-refractivity contribution is -0.125. The lowest BCUT2D eigenvalue weighted by Crippen LogP contribution is -2.29. The van der Waals surface area contributed by atoms with Crippen molar-refractivity contribution in [3.8, 4) is 11.3 Å². The van der Waals surface area contributed by atoms with E-state index in [-0.39, 0.29) is 11.5 Å². The molecule has 38 heavy (non-hydrogen) atoms. The third kappa shape index (κ3) is 5.70. The minimum absolute atomic E-state index is 0.0876. The molecule has 1 amide bonds. The van der Waals surface area contributed by atoms with Crippen molar-refractivity contribution in [1.29, 1.82) is 0 Å². The monoisotopic (exact) mass is 511 g/mol. The topological polar surface area (TPSA) is 137 Å².